The highest BCUT2D eigenvalue weighted by Crippen LogP contribution is 2.28. The zero-order valence-corrected chi connectivity index (χ0v) is 14.2. The SMILES string of the molecule is CNC1CCCCCC1CN1CC2CCCCN2CC1C. The number of nitrogens with one attached hydrogen (secondary N) is 1. The van der Waals surface area contributed by atoms with Gasteiger partial charge in [0.2, 0.25) is 0 Å². The van der Waals surface area contributed by atoms with Gasteiger partial charge in [0.15, 0.2) is 0 Å². The lowest BCUT2D eigenvalue weighted by Crippen LogP contribution is -2.60. The number of hydrogen-bond acceptors (Lipinski definition) is 3. The van der Waals surface area contributed by atoms with Crippen LogP contribution in [-0.2, 0) is 0 Å². The summed E-state index contributed by atoms with van der Waals surface area (Å²) in [7, 11) is 2.17. The molecule has 0 radical (unpaired) electrons. The molecule has 1 saturated carbocycles. The van der Waals surface area contributed by atoms with Gasteiger partial charge >= 0.3 is 0 Å². The van der Waals surface area contributed by atoms with Crippen LogP contribution >= 0.6 is 0 Å². The first-order valence-electron chi connectivity index (χ1n) is 9.43. The molecule has 2 heterocycles. The minimum atomic E-state index is 0.750. The molecule has 4 unspecified atom stereocenters. The molecule has 0 spiro atoms. The topological polar surface area (TPSA) is 18.5 Å². The molecule has 1 aliphatic carbocycles. The predicted molar refractivity (Wildman–Crippen MR) is 89.7 cm³/mol. The van der Waals surface area contributed by atoms with E-state index in [1.54, 1.807) is 0 Å². The first-order valence-corrected chi connectivity index (χ1v) is 9.43. The molecule has 3 rings (SSSR count). The smallest absolute Gasteiger partial charge is 0.0223 e. The van der Waals surface area contributed by atoms with Gasteiger partial charge in [-0.1, -0.05) is 25.7 Å². The second-order valence-electron chi connectivity index (χ2n) is 7.74. The first-order chi connectivity index (χ1) is 10.3. The van der Waals surface area contributed by atoms with Gasteiger partial charge in [0.05, 0.1) is 0 Å². The fourth-order valence-corrected chi connectivity index (χ4v) is 4.95. The van der Waals surface area contributed by atoms with E-state index in [4.69, 9.17) is 0 Å². The third-order valence-electron chi connectivity index (χ3n) is 6.32. The second-order valence-corrected chi connectivity index (χ2v) is 7.74. The molecule has 3 nitrogen and oxygen atoms in total. The van der Waals surface area contributed by atoms with E-state index in [0.29, 0.717) is 0 Å². The van der Waals surface area contributed by atoms with E-state index >= 15 is 0 Å². The highest BCUT2D eigenvalue weighted by molar-refractivity contribution is 4.91. The van der Waals surface area contributed by atoms with Crippen molar-refractivity contribution in [2.75, 3.05) is 33.2 Å². The van der Waals surface area contributed by atoms with Crippen LogP contribution in [0.2, 0.25) is 0 Å². The maximum Gasteiger partial charge on any atom is 0.0223 e. The minimum Gasteiger partial charge on any atom is -0.317 e. The maximum atomic E-state index is 3.62. The molecular weight excluding hydrogens is 258 g/mol. The maximum absolute atomic E-state index is 3.62. The molecule has 0 amide bonds. The number of rotatable bonds is 3. The predicted octanol–water partition coefficient (Wildman–Crippen LogP) is 2.71. The Labute approximate surface area is 131 Å². The van der Waals surface area contributed by atoms with E-state index in [1.165, 1.54) is 77.5 Å². The molecule has 3 fully saturated rings. The Morgan fingerprint density at radius 2 is 1.76 bits per heavy atom. The quantitative estimate of drug-likeness (QED) is 0.807. The van der Waals surface area contributed by atoms with E-state index in [2.05, 4.69) is 29.1 Å². The lowest BCUT2D eigenvalue weighted by atomic mass is 9.91. The number of piperazine rings is 1. The summed E-state index contributed by atoms with van der Waals surface area (Å²) < 4.78 is 0. The van der Waals surface area contributed by atoms with Crippen LogP contribution < -0.4 is 5.32 Å². The molecule has 3 heteroatoms. The zero-order valence-electron chi connectivity index (χ0n) is 14.2. The largest absolute Gasteiger partial charge is 0.317 e. The molecule has 0 aromatic carbocycles. The average Bonchev–Trinajstić information content (AvgIpc) is 2.73. The average molecular weight is 293 g/mol. The number of nitrogens with zero attached hydrogens (tertiary/aromatic N) is 2. The summed E-state index contributed by atoms with van der Waals surface area (Å²) in [5, 5.41) is 3.62. The summed E-state index contributed by atoms with van der Waals surface area (Å²) in [6.45, 7) is 7.77. The number of fused-ring (bicyclic) bond motifs is 1. The van der Waals surface area contributed by atoms with E-state index in [-0.39, 0.29) is 0 Å². The number of hydrogen-bond donors (Lipinski definition) is 1. The highest BCUT2D eigenvalue weighted by Gasteiger charge is 2.35. The molecule has 3 aliphatic rings. The van der Waals surface area contributed by atoms with Gasteiger partial charge in [-0.15, -0.1) is 0 Å². The van der Waals surface area contributed by atoms with E-state index in [1.807, 2.05) is 0 Å². The third kappa shape index (κ3) is 3.80. The van der Waals surface area contributed by atoms with Crippen LogP contribution in [0.4, 0.5) is 0 Å². The van der Waals surface area contributed by atoms with E-state index in [0.717, 1.165) is 24.0 Å². The molecule has 0 bridgehead atoms. The number of piperidine rings is 1. The fourth-order valence-electron chi connectivity index (χ4n) is 4.95. The van der Waals surface area contributed by atoms with Crippen molar-refractivity contribution < 1.29 is 0 Å². The monoisotopic (exact) mass is 293 g/mol. The van der Waals surface area contributed by atoms with Gasteiger partial charge in [-0.05, 0) is 52.1 Å². The van der Waals surface area contributed by atoms with Gasteiger partial charge in [-0.2, -0.15) is 0 Å². The fraction of sp³-hybridized carbons (Fsp3) is 1.00. The molecule has 0 aromatic rings. The molecule has 2 saturated heterocycles. The van der Waals surface area contributed by atoms with Gasteiger partial charge in [0.25, 0.3) is 0 Å². The van der Waals surface area contributed by atoms with Crippen LogP contribution in [-0.4, -0.2) is 61.2 Å². The molecule has 0 aromatic heterocycles. The summed E-state index contributed by atoms with van der Waals surface area (Å²) in [5.74, 6) is 0.870. The standard InChI is InChI=1S/C18H35N3/c1-15-12-20-11-7-6-9-17(20)14-21(15)13-16-8-4-3-5-10-18(16)19-2/h15-19H,3-14H2,1-2H3. The Balaban J connectivity index is 1.59. The highest BCUT2D eigenvalue weighted by atomic mass is 15.3. The van der Waals surface area contributed by atoms with Crippen LogP contribution in [0.15, 0.2) is 0 Å². The van der Waals surface area contributed by atoms with Crippen molar-refractivity contribution in [1.29, 1.82) is 0 Å². The summed E-state index contributed by atoms with van der Waals surface area (Å²) in [6.07, 6.45) is 11.4. The summed E-state index contributed by atoms with van der Waals surface area (Å²) in [6, 6.07) is 2.36. The molecule has 122 valence electrons. The summed E-state index contributed by atoms with van der Waals surface area (Å²) >= 11 is 0. The molecule has 2 aliphatic heterocycles. The molecule has 4 atom stereocenters. The van der Waals surface area contributed by atoms with Gasteiger partial charge < -0.3 is 5.32 Å². The Morgan fingerprint density at radius 1 is 0.952 bits per heavy atom. The third-order valence-corrected chi connectivity index (χ3v) is 6.32. The van der Waals surface area contributed by atoms with Gasteiger partial charge in [0.1, 0.15) is 0 Å². The van der Waals surface area contributed by atoms with Crippen molar-refractivity contribution in [1.82, 2.24) is 15.1 Å². The van der Waals surface area contributed by atoms with Crippen molar-refractivity contribution in [3.8, 4) is 0 Å². The van der Waals surface area contributed by atoms with Crippen LogP contribution in [0, 0.1) is 5.92 Å². The zero-order chi connectivity index (χ0) is 14.7. The Hall–Kier alpha value is -0.120. The van der Waals surface area contributed by atoms with Crippen molar-refractivity contribution in [3.63, 3.8) is 0 Å². The molecule has 1 N–H and O–H groups in total. The van der Waals surface area contributed by atoms with Crippen molar-refractivity contribution >= 4 is 0 Å². The summed E-state index contributed by atoms with van der Waals surface area (Å²) in [5.41, 5.74) is 0. The first kappa shape index (κ1) is 15.8. The van der Waals surface area contributed by atoms with Crippen molar-refractivity contribution in [2.24, 2.45) is 5.92 Å². The minimum absolute atomic E-state index is 0.750. The van der Waals surface area contributed by atoms with Crippen LogP contribution in [0.3, 0.4) is 0 Å². The van der Waals surface area contributed by atoms with Gasteiger partial charge in [-0.3, -0.25) is 9.80 Å². The Bertz CT molecular complexity index is 320. The van der Waals surface area contributed by atoms with Crippen LogP contribution in [0.5, 0.6) is 0 Å². The van der Waals surface area contributed by atoms with Crippen LogP contribution in [0.25, 0.3) is 0 Å². The van der Waals surface area contributed by atoms with E-state index in [9.17, 15) is 0 Å². The van der Waals surface area contributed by atoms with Gasteiger partial charge in [-0.25, -0.2) is 0 Å². The van der Waals surface area contributed by atoms with Crippen molar-refractivity contribution in [2.45, 2.75) is 76.4 Å². The second kappa shape index (κ2) is 7.43. The Morgan fingerprint density at radius 3 is 2.62 bits per heavy atom. The normalized spacial score (nSPS) is 39.7. The van der Waals surface area contributed by atoms with Gasteiger partial charge in [0, 0.05) is 37.8 Å². The Kier molecular flexibility index (Phi) is 5.58. The molecule has 21 heavy (non-hydrogen) atoms. The summed E-state index contributed by atoms with van der Waals surface area (Å²) in [4.78, 5) is 5.60. The van der Waals surface area contributed by atoms with Crippen LogP contribution in [0.1, 0.15) is 58.3 Å². The molecular formula is C18H35N3. The lowest BCUT2D eigenvalue weighted by molar-refractivity contribution is 0.00438. The van der Waals surface area contributed by atoms with Crippen molar-refractivity contribution in [3.05, 3.63) is 0 Å². The van der Waals surface area contributed by atoms with E-state index < -0.39 is 0 Å². The lowest BCUT2D eigenvalue weighted by Gasteiger charge is -2.48.